The molecule has 0 saturated carbocycles. The molecule has 1 aromatic carbocycles. The lowest BCUT2D eigenvalue weighted by atomic mass is 10.0. The van der Waals surface area contributed by atoms with E-state index in [0.717, 1.165) is 12.8 Å². The molecule has 1 aliphatic heterocycles. The number of thioether (sulfide) groups is 1. The lowest BCUT2D eigenvalue weighted by Crippen LogP contribution is -2.47. The van der Waals surface area contributed by atoms with Gasteiger partial charge in [0, 0.05) is 24.8 Å². The Labute approximate surface area is 145 Å². The molecule has 24 heavy (non-hydrogen) atoms. The molecule has 6 nitrogen and oxygen atoms in total. The smallest absolute Gasteiger partial charge is 0.256 e. The standard InChI is InChI=1S/C17H20N4O2S/c1-12-7-8-14(24-13(2)22)11-20(12)17(23)15-5-3-4-6-16(15)21-18-9-10-19-21/h3-6,9-10,12,14H,7-8,11H2,1-2H3/t12-,14-/m1/s1. The molecule has 1 fully saturated rings. The van der Waals surface area contributed by atoms with Crippen molar-refractivity contribution in [1.29, 1.82) is 0 Å². The van der Waals surface area contributed by atoms with Crippen LogP contribution in [0.5, 0.6) is 0 Å². The average molecular weight is 344 g/mol. The van der Waals surface area contributed by atoms with Crippen molar-refractivity contribution < 1.29 is 9.59 Å². The Morgan fingerprint density at radius 3 is 2.58 bits per heavy atom. The van der Waals surface area contributed by atoms with Gasteiger partial charge in [-0.05, 0) is 31.9 Å². The molecule has 1 aliphatic rings. The summed E-state index contributed by atoms with van der Waals surface area (Å²) in [6.07, 6.45) is 5.03. The Balaban J connectivity index is 1.87. The molecule has 7 heteroatoms. The van der Waals surface area contributed by atoms with E-state index in [2.05, 4.69) is 17.1 Å². The Morgan fingerprint density at radius 1 is 1.17 bits per heavy atom. The van der Waals surface area contributed by atoms with Gasteiger partial charge in [-0.25, -0.2) is 0 Å². The largest absolute Gasteiger partial charge is 0.335 e. The Morgan fingerprint density at radius 2 is 1.88 bits per heavy atom. The molecule has 1 aromatic heterocycles. The molecule has 0 radical (unpaired) electrons. The summed E-state index contributed by atoms with van der Waals surface area (Å²) < 4.78 is 0. The Bertz CT molecular complexity index is 732. The van der Waals surface area contributed by atoms with Crippen molar-refractivity contribution in [2.75, 3.05) is 6.54 Å². The van der Waals surface area contributed by atoms with Gasteiger partial charge in [0.25, 0.3) is 5.91 Å². The topological polar surface area (TPSA) is 68.1 Å². The van der Waals surface area contributed by atoms with E-state index in [9.17, 15) is 9.59 Å². The summed E-state index contributed by atoms with van der Waals surface area (Å²) in [4.78, 5) is 27.8. The number of amides is 1. The van der Waals surface area contributed by atoms with Crippen LogP contribution in [0.1, 0.15) is 37.0 Å². The van der Waals surface area contributed by atoms with Gasteiger partial charge in [-0.15, -0.1) is 0 Å². The second-order valence-electron chi connectivity index (χ2n) is 5.95. The minimum absolute atomic E-state index is 0.0377. The highest BCUT2D eigenvalue weighted by Crippen LogP contribution is 2.28. The van der Waals surface area contributed by atoms with Crippen LogP contribution in [0.4, 0.5) is 0 Å². The third kappa shape index (κ3) is 3.51. The van der Waals surface area contributed by atoms with E-state index < -0.39 is 0 Å². The number of rotatable bonds is 3. The number of likely N-dealkylation sites (tertiary alicyclic amines) is 1. The molecule has 2 aromatic rings. The van der Waals surface area contributed by atoms with E-state index in [4.69, 9.17) is 0 Å². The van der Waals surface area contributed by atoms with E-state index in [1.54, 1.807) is 25.4 Å². The van der Waals surface area contributed by atoms with Gasteiger partial charge in [0.1, 0.15) is 0 Å². The molecular weight excluding hydrogens is 324 g/mol. The van der Waals surface area contributed by atoms with Crippen molar-refractivity contribution in [2.24, 2.45) is 0 Å². The molecule has 1 amide bonds. The van der Waals surface area contributed by atoms with Gasteiger partial charge < -0.3 is 4.90 Å². The molecule has 126 valence electrons. The number of nitrogens with zero attached hydrogens (tertiary/aromatic N) is 4. The van der Waals surface area contributed by atoms with Gasteiger partial charge in [0.05, 0.1) is 23.6 Å². The van der Waals surface area contributed by atoms with Crippen LogP contribution < -0.4 is 0 Å². The van der Waals surface area contributed by atoms with Crippen molar-refractivity contribution in [3.8, 4) is 5.69 Å². The van der Waals surface area contributed by atoms with Gasteiger partial charge >= 0.3 is 0 Å². The van der Waals surface area contributed by atoms with Crippen LogP contribution in [0.25, 0.3) is 5.69 Å². The Hall–Kier alpha value is -2.15. The maximum atomic E-state index is 13.1. The summed E-state index contributed by atoms with van der Waals surface area (Å²) >= 11 is 1.33. The second-order valence-corrected chi connectivity index (χ2v) is 7.43. The number of hydrogen-bond acceptors (Lipinski definition) is 5. The average Bonchev–Trinajstić information content (AvgIpc) is 3.10. The number of para-hydroxylation sites is 1. The predicted molar refractivity (Wildman–Crippen MR) is 93.2 cm³/mol. The maximum Gasteiger partial charge on any atom is 0.256 e. The fraction of sp³-hybridized carbons (Fsp3) is 0.412. The van der Waals surface area contributed by atoms with Crippen molar-refractivity contribution in [3.05, 3.63) is 42.2 Å². The molecule has 2 heterocycles. The first-order valence-corrected chi connectivity index (χ1v) is 8.88. The van der Waals surface area contributed by atoms with Crippen molar-refractivity contribution >= 4 is 22.8 Å². The van der Waals surface area contributed by atoms with Gasteiger partial charge in [0.2, 0.25) is 0 Å². The molecule has 1 saturated heterocycles. The first-order valence-electron chi connectivity index (χ1n) is 8.00. The summed E-state index contributed by atoms with van der Waals surface area (Å²) in [6.45, 7) is 4.22. The van der Waals surface area contributed by atoms with Crippen LogP contribution in [-0.4, -0.2) is 48.8 Å². The summed E-state index contributed by atoms with van der Waals surface area (Å²) in [5.74, 6) is -0.0377. The zero-order chi connectivity index (χ0) is 17.1. The highest BCUT2D eigenvalue weighted by Gasteiger charge is 2.31. The van der Waals surface area contributed by atoms with Crippen LogP contribution >= 0.6 is 11.8 Å². The third-order valence-electron chi connectivity index (χ3n) is 4.20. The van der Waals surface area contributed by atoms with Crippen molar-refractivity contribution in [1.82, 2.24) is 19.9 Å². The molecule has 3 rings (SSSR count). The van der Waals surface area contributed by atoms with Crippen LogP contribution in [0.2, 0.25) is 0 Å². The number of carbonyl (C=O) groups excluding carboxylic acids is 2. The van der Waals surface area contributed by atoms with E-state index in [1.807, 2.05) is 23.1 Å². The molecular formula is C17H20N4O2S. The van der Waals surface area contributed by atoms with Crippen LogP contribution in [0.15, 0.2) is 36.7 Å². The van der Waals surface area contributed by atoms with E-state index in [1.165, 1.54) is 16.6 Å². The van der Waals surface area contributed by atoms with Crippen LogP contribution in [0.3, 0.4) is 0 Å². The first-order chi connectivity index (χ1) is 11.6. The predicted octanol–water partition coefficient (Wildman–Crippen LogP) is 2.54. The minimum Gasteiger partial charge on any atom is -0.335 e. The van der Waals surface area contributed by atoms with Crippen molar-refractivity contribution in [3.63, 3.8) is 0 Å². The molecule has 2 atom stereocenters. The normalized spacial score (nSPS) is 20.8. The fourth-order valence-corrected chi connectivity index (χ4v) is 3.97. The second kappa shape index (κ2) is 7.17. The molecule has 0 spiro atoms. The summed E-state index contributed by atoms with van der Waals surface area (Å²) in [7, 11) is 0. The zero-order valence-electron chi connectivity index (χ0n) is 13.8. The maximum absolute atomic E-state index is 13.1. The number of hydrogen-bond donors (Lipinski definition) is 0. The van der Waals surface area contributed by atoms with E-state index in [0.29, 0.717) is 17.8 Å². The molecule has 0 aliphatic carbocycles. The van der Waals surface area contributed by atoms with E-state index >= 15 is 0 Å². The Kier molecular flexibility index (Phi) is 4.99. The quantitative estimate of drug-likeness (QED) is 0.856. The van der Waals surface area contributed by atoms with Gasteiger partial charge in [-0.1, -0.05) is 23.9 Å². The SMILES string of the molecule is CC(=O)S[C@@H]1CC[C@@H](C)N(C(=O)c2ccccc2-n2nccn2)C1. The molecule has 0 unspecified atom stereocenters. The van der Waals surface area contributed by atoms with Crippen LogP contribution in [-0.2, 0) is 4.79 Å². The summed E-state index contributed by atoms with van der Waals surface area (Å²) in [5, 5.41) is 8.53. The number of carbonyl (C=O) groups is 2. The number of benzene rings is 1. The monoisotopic (exact) mass is 344 g/mol. The van der Waals surface area contributed by atoms with Crippen LogP contribution in [0, 0.1) is 0 Å². The first kappa shape index (κ1) is 16.7. The lowest BCUT2D eigenvalue weighted by molar-refractivity contribution is -0.109. The van der Waals surface area contributed by atoms with E-state index in [-0.39, 0.29) is 22.3 Å². The zero-order valence-corrected chi connectivity index (χ0v) is 14.6. The molecule has 0 N–H and O–H groups in total. The highest BCUT2D eigenvalue weighted by atomic mass is 32.2. The minimum atomic E-state index is -0.0377. The van der Waals surface area contributed by atoms with Gasteiger partial charge in [0.15, 0.2) is 5.12 Å². The third-order valence-corrected chi connectivity index (χ3v) is 5.25. The number of piperidine rings is 1. The van der Waals surface area contributed by atoms with Gasteiger partial charge in [-0.3, -0.25) is 9.59 Å². The summed E-state index contributed by atoms with van der Waals surface area (Å²) in [5.41, 5.74) is 1.25. The van der Waals surface area contributed by atoms with Gasteiger partial charge in [-0.2, -0.15) is 15.0 Å². The lowest BCUT2D eigenvalue weighted by Gasteiger charge is -2.37. The molecule has 0 bridgehead atoms. The van der Waals surface area contributed by atoms with Crippen molar-refractivity contribution in [2.45, 2.75) is 38.0 Å². The fourth-order valence-electron chi connectivity index (χ4n) is 3.01. The number of aromatic nitrogens is 3. The summed E-state index contributed by atoms with van der Waals surface area (Å²) in [6, 6.07) is 7.50. The highest BCUT2D eigenvalue weighted by molar-refractivity contribution is 8.14.